The lowest BCUT2D eigenvalue weighted by Crippen LogP contribution is -2.13. The molecule has 0 fully saturated rings. The van der Waals surface area contributed by atoms with Gasteiger partial charge in [-0.05, 0) is 82.7 Å². The summed E-state index contributed by atoms with van der Waals surface area (Å²) in [7, 11) is -1.40. The first-order valence-electron chi connectivity index (χ1n) is 12.4. The minimum atomic E-state index is -1.40. The molecule has 2 rings (SSSR count). The molecule has 0 aromatic heterocycles. The first-order valence-corrected chi connectivity index (χ1v) is 14.4. The van der Waals surface area contributed by atoms with E-state index in [1.807, 2.05) is 24.3 Å². The van der Waals surface area contributed by atoms with E-state index in [-0.39, 0.29) is 0 Å². The highest BCUT2D eigenvalue weighted by atomic mass is 32.3. The molecule has 2 aromatic carbocycles. The van der Waals surface area contributed by atoms with Crippen LogP contribution in [0.25, 0.3) is 0 Å². The van der Waals surface area contributed by atoms with Crippen LogP contribution in [0.4, 0.5) is 0 Å². The van der Waals surface area contributed by atoms with Crippen LogP contribution in [-0.4, -0.2) is 33.7 Å². The van der Waals surface area contributed by atoms with Crippen LogP contribution in [0.2, 0.25) is 0 Å². The van der Waals surface area contributed by atoms with Gasteiger partial charge < -0.3 is 10.2 Å². The van der Waals surface area contributed by atoms with E-state index in [2.05, 4.69) is 13.8 Å². The zero-order valence-corrected chi connectivity index (χ0v) is 21.0. The van der Waals surface area contributed by atoms with Gasteiger partial charge in [0.25, 0.3) is 0 Å². The van der Waals surface area contributed by atoms with Crippen molar-refractivity contribution in [3.63, 3.8) is 0 Å². The Balaban J connectivity index is 2.43. The maximum atomic E-state index is 11.4. The fourth-order valence-corrected chi connectivity index (χ4v) is 8.46. The Hall–Kier alpha value is -2.27. The van der Waals surface area contributed by atoms with E-state index in [0.29, 0.717) is 11.1 Å². The Morgan fingerprint density at radius 3 is 1.21 bits per heavy atom. The average Bonchev–Trinajstić information content (AvgIpc) is 2.82. The molecule has 0 heterocycles. The highest BCUT2D eigenvalue weighted by Gasteiger charge is 2.28. The van der Waals surface area contributed by atoms with Crippen molar-refractivity contribution in [1.29, 1.82) is 0 Å². The smallest absolute Gasteiger partial charge is 0.335 e. The van der Waals surface area contributed by atoms with Crippen LogP contribution in [0, 0.1) is 0 Å². The number of hydrogen-bond donors (Lipinski definition) is 2. The van der Waals surface area contributed by atoms with Gasteiger partial charge in [0.15, 0.2) is 0 Å². The van der Waals surface area contributed by atoms with Crippen LogP contribution in [0.3, 0.4) is 0 Å². The molecular formula is C28H40O4S. The predicted octanol–water partition coefficient (Wildman–Crippen LogP) is 8.25. The number of unbranched alkanes of at least 4 members (excludes halogenated alkanes) is 8. The molecule has 0 saturated carbocycles. The van der Waals surface area contributed by atoms with Gasteiger partial charge in [-0.2, -0.15) is 10.0 Å². The topological polar surface area (TPSA) is 74.6 Å². The molecule has 0 atom stereocenters. The summed E-state index contributed by atoms with van der Waals surface area (Å²) in [6, 6.07) is 14.9. The Kier molecular flexibility index (Phi) is 11.5. The summed E-state index contributed by atoms with van der Waals surface area (Å²) >= 11 is 0. The predicted molar refractivity (Wildman–Crippen MR) is 138 cm³/mol. The second-order valence-corrected chi connectivity index (χ2v) is 12.3. The first-order chi connectivity index (χ1) is 15.9. The molecule has 182 valence electrons. The van der Waals surface area contributed by atoms with E-state index in [9.17, 15) is 19.8 Å². The summed E-state index contributed by atoms with van der Waals surface area (Å²) in [6.07, 6.45) is 12.0. The van der Waals surface area contributed by atoms with E-state index < -0.39 is 22.0 Å². The van der Waals surface area contributed by atoms with Crippen molar-refractivity contribution in [1.82, 2.24) is 0 Å². The molecule has 2 N–H and O–H groups in total. The molecule has 0 radical (unpaired) electrons. The van der Waals surface area contributed by atoms with E-state index in [1.54, 1.807) is 24.3 Å². The van der Waals surface area contributed by atoms with Gasteiger partial charge in [-0.1, -0.05) is 65.2 Å². The number of benzene rings is 2. The molecule has 5 heteroatoms. The largest absolute Gasteiger partial charge is 0.478 e. The standard InChI is InChI=1S/C28H40O4S/c1-3-5-7-9-11-21-33(22-12-10-8-6-4-2,25-17-13-23(14-18-25)27(29)30)26-19-15-24(16-20-26)28(31)32/h13-20H,3-12,21-22H2,1-2H3,(H,29,30)(H,31,32). The summed E-state index contributed by atoms with van der Waals surface area (Å²) in [5, 5.41) is 18.8. The molecule has 0 aliphatic heterocycles. The summed E-state index contributed by atoms with van der Waals surface area (Å²) in [5.74, 6) is 0.298. The van der Waals surface area contributed by atoms with Crippen molar-refractivity contribution < 1.29 is 19.8 Å². The molecule has 0 unspecified atom stereocenters. The number of carboxylic acids is 2. The number of carbonyl (C=O) groups is 2. The van der Waals surface area contributed by atoms with Crippen LogP contribution in [-0.2, 0) is 0 Å². The molecule has 33 heavy (non-hydrogen) atoms. The summed E-state index contributed by atoms with van der Waals surface area (Å²) < 4.78 is 0. The number of aromatic carboxylic acids is 2. The van der Waals surface area contributed by atoms with E-state index >= 15 is 0 Å². The SMILES string of the molecule is CCCCCCCS(CCCCCCC)(c1ccc(C(=O)O)cc1)c1ccc(C(=O)O)cc1. The van der Waals surface area contributed by atoms with Crippen LogP contribution >= 0.6 is 10.0 Å². The third-order valence-corrected chi connectivity index (χ3v) is 10.6. The zero-order valence-electron chi connectivity index (χ0n) is 20.2. The highest BCUT2D eigenvalue weighted by molar-refractivity contribution is 8.33. The number of hydrogen-bond acceptors (Lipinski definition) is 2. The third kappa shape index (κ3) is 7.92. The molecule has 0 bridgehead atoms. The highest BCUT2D eigenvalue weighted by Crippen LogP contribution is 2.63. The van der Waals surface area contributed by atoms with E-state index in [1.165, 1.54) is 61.2 Å². The fraction of sp³-hybridized carbons (Fsp3) is 0.500. The van der Waals surface area contributed by atoms with Gasteiger partial charge in [0.2, 0.25) is 0 Å². The molecule has 0 spiro atoms. The Labute approximate surface area is 200 Å². The average molecular weight is 473 g/mol. The van der Waals surface area contributed by atoms with Crippen molar-refractivity contribution in [3.05, 3.63) is 59.7 Å². The molecule has 0 aliphatic rings. The molecule has 2 aromatic rings. The Morgan fingerprint density at radius 2 is 0.909 bits per heavy atom. The Morgan fingerprint density at radius 1 is 0.576 bits per heavy atom. The van der Waals surface area contributed by atoms with Crippen LogP contribution in [0.15, 0.2) is 58.3 Å². The number of carboxylic acid groups (broad SMARTS) is 2. The lowest BCUT2D eigenvalue weighted by Gasteiger charge is -2.42. The second kappa shape index (κ2) is 14.1. The minimum Gasteiger partial charge on any atom is -0.478 e. The minimum absolute atomic E-state index is 0.305. The fourth-order valence-electron chi connectivity index (χ4n) is 4.33. The summed E-state index contributed by atoms with van der Waals surface area (Å²) in [5.41, 5.74) is 0.610. The maximum Gasteiger partial charge on any atom is 0.335 e. The van der Waals surface area contributed by atoms with Gasteiger partial charge in [-0.15, -0.1) is 0 Å². The summed E-state index contributed by atoms with van der Waals surface area (Å²) in [4.78, 5) is 25.3. The van der Waals surface area contributed by atoms with Crippen LogP contribution < -0.4 is 0 Å². The zero-order chi connectivity index (χ0) is 24.1. The maximum absolute atomic E-state index is 11.4. The lowest BCUT2D eigenvalue weighted by molar-refractivity contribution is 0.0686. The van der Waals surface area contributed by atoms with Gasteiger partial charge in [-0.3, -0.25) is 0 Å². The third-order valence-electron chi connectivity index (χ3n) is 6.30. The van der Waals surface area contributed by atoms with Crippen molar-refractivity contribution in [2.24, 2.45) is 0 Å². The molecule has 4 nitrogen and oxygen atoms in total. The number of rotatable bonds is 16. The van der Waals surface area contributed by atoms with Crippen LogP contribution in [0.5, 0.6) is 0 Å². The van der Waals surface area contributed by atoms with Crippen molar-refractivity contribution in [2.75, 3.05) is 11.5 Å². The van der Waals surface area contributed by atoms with Gasteiger partial charge in [0.05, 0.1) is 11.1 Å². The molecule has 0 amide bonds. The quantitative estimate of drug-likeness (QED) is 0.241. The van der Waals surface area contributed by atoms with Gasteiger partial charge in [0, 0.05) is 0 Å². The van der Waals surface area contributed by atoms with Gasteiger partial charge in [-0.25, -0.2) is 9.59 Å². The van der Waals surface area contributed by atoms with Crippen LogP contribution in [0.1, 0.15) is 98.8 Å². The normalized spacial score (nSPS) is 11.9. The lowest BCUT2D eigenvalue weighted by atomic mass is 10.2. The van der Waals surface area contributed by atoms with Crippen molar-refractivity contribution >= 4 is 22.0 Å². The second-order valence-electron chi connectivity index (χ2n) is 8.78. The van der Waals surface area contributed by atoms with E-state index in [4.69, 9.17) is 0 Å². The first kappa shape index (κ1) is 27.0. The monoisotopic (exact) mass is 472 g/mol. The molecule has 0 aliphatic carbocycles. The summed E-state index contributed by atoms with van der Waals surface area (Å²) in [6.45, 7) is 4.44. The van der Waals surface area contributed by atoms with Crippen molar-refractivity contribution in [2.45, 2.75) is 87.8 Å². The molecule has 0 saturated heterocycles. The van der Waals surface area contributed by atoms with Gasteiger partial charge >= 0.3 is 11.9 Å². The van der Waals surface area contributed by atoms with Crippen molar-refractivity contribution in [3.8, 4) is 0 Å². The molecular weight excluding hydrogens is 432 g/mol. The van der Waals surface area contributed by atoms with E-state index in [0.717, 1.165) is 24.3 Å². The Bertz CT molecular complexity index is 785. The van der Waals surface area contributed by atoms with Gasteiger partial charge in [0.1, 0.15) is 0 Å².